The van der Waals surface area contributed by atoms with Gasteiger partial charge >= 0.3 is 5.97 Å². The van der Waals surface area contributed by atoms with E-state index in [1.54, 1.807) is 31.0 Å². The van der Waals surface area contributed by atoms with Gasteiger partial charge in [0.1, 0.15) is 5.75 Å². The average molecular weight is 226 g/mol. The van der Waals surface area contributed by atoms with Gasteiger partial charge in [0.05, 0.1) is 19.8 Å². The van der Waals surface area contributed by atoms with Crippen molar-refractivity contribution in [3.63, 3.8) is 0 Å². The molecule has 0 heterocycles. The number of ether oxygens (including phenoxy) is 2. The van der Waals surface area contributed by atoms with Gasteiger partial charge in [-0.05, 0) is 24.0 Å². The van der Waals surface area contributed by atoms with Crippen LogP contribution in [0.25, 0.3) is 0 Å². The zero-order valence-electron chi connectivity index (χ0n) is 9.07. The van der Waals surface area contributed by atoms with Crippen LogP contribution >= 0.6 is 11.8 Å². The molecule has 0 N–H and O–H groups in total. The van der Waals surface area contributed by atoms with Crippen molar-refractivity contribution in [2.75, 3.05) is 20.0 Å². The van der Waals surface area contributed by atoms with Crippen LogP contribution in [-0.4, -0.2) is 25.9 Å². The summed E-state index contributed by atoms with van der Waals surface area (Å²) in [6, 6.07) is 5.33. The molecule has 0 aliphatic carbocycles. The number of esters is 1. The first-order valence-electron chi connectivity index (χ1n) is 4.62. The van der Waals surface area contributed by atoms with Crippen LogP contribution in [0, 0.1) is 0 Å². The summed E-state index contributed by atoms with van der Waals surface area (Å²) in [6.45, 7) is 2.03. The second kappa shape index (κ2) is 5.66. The summed E-state index contributed by atoms with van der Waals surface area (Å²) in [7, 11) is 2.99. The molecule has 0 aliphatic rings. The third-order valence-corrected chi connectivity index (χ3v) is 2.83. The predicted octanol–water partition coefficient (Wildman–Crippen LogP) is 2.59. The summed E-state index contributed by atoms with van der Waals surface area (Å²) >= 11 is 1.59. The van der Waals surface area contributed by atoms with Crippen molar-refractivity contribution in [3.05, 3.63) is 23.8 Å². The summed E-state index contributed by atoms with van der Waals surface area (Å²) in [6.07, 6.45) is 0. The Balaban J connectivity index is 3.08. The molecule has 0 saturated heterocycles. The highest BCUT2D eigenvalue weighted by Crippen LogP contribution is 2.27. The molecule has 4 heteroatoms. The van der Waals surface area contributed by atoms with E-state index in [2.05, 4.69) is 0 Å². The Labute approximate surface area is 93.8 Å². The third kappa shape index (κ3) is 2.89. The number of carbonyl (C=O) groups excluding carboxylic acids is 1. The maximum absolute atomic E-state index is 11.4. The zero-order valence-corrected chi connectivity index (χ0v) is 9.89. The van der Waals surface area contributed by atoms with Gasteiger partial charge in [-0.25, -0.2) is 4.79 Å². The minimum atomic E-state index is -0.311. The fraction of sp³-hybridized carbons (Fsp3) is 0.364. The Bertz CT molecular complexity index is 350. The Morgan fingerprint density at radius 1 is 1.40 bits per heavy atom. The summed E-state index contributed by atoms with van der Waals surface area (Å²) in [5.74, 6) is 1.34. The lowest BCUT2D eigenvalue weighted by molar-refractivity contribution is 0.0597. The van der Waals surface area contributed by atoms with Crippen LogP contribution in [0.3, 0.4) is 0 Å². The van der Waals surface area contributed by atoms with E-state index in [-0.39, 0.29) is 5.97 Å². The van der Waals surface area contributed by atoms with Crippen molar-refractivity contribution in [3.8, 4) is 5.75 Å². The molecule has 1 rings (SSSR count). The monoisotopic (exact) mass is 226 g/mol. The molecule has 3 nitrogen and oxygen atoms in total. The molecule has 0 unspecified atom stereocenters. The highest BCUT2D eigenvalue weighted by molar-refractivity contribution is 7.99. The van der Waals surface area contributed by atoms with Gasteiger partial charge < -0.3 is 9.47 Å². The van der Waals surface area contributed by atoms with Crippen LogP contribution in [-0.2, 0) is 4.74 Å². The third-order valence-electron chi connectivity index (χ3n) is 1.89. The number of methoxy groups -OCH3 is 2. The molecule has 82 valence electrons. The fourth-order valence-electron chi connectivity index (χ4n) is 1.18. The molecule has 1 aromatic carbocycles. The van der Waals surface area contributed by atoms with Gasteiger partial charge in [0, 0.05) is 4.90 Å². The van der Waals surface area contributed by atoms with Crippen molar-refractivity contribution in [2.24, 2.45) is 0 Å². The van der Waals surface area contributed by atoms with Gasteiger partial charge in [-0.15, -0.1) is 11.8 Å². The highest BCUT2D eigenvalue weighted by atomic mass is 32.2. The zero-order chi connectivity index (χ0) is 11.3. The molecule has 0 saturated carbocycles. The van der Waals surface area contributed by atoms with Crippen LogP contribution in [0.5, 0.6) is 5.75 Å². The molecular formula is C11H14O3S. The number of hydrogen-bond donors (Lipinski definition) is 0. The Hall–Kier alpha value is -1.16. The molecular weight excluding hydrogens is 212 g/mol. The second-order valence-electron chi connectivity index (χ2n) is 2.79. The normalized spacial score (nSPS) is 9.80. The quantitative estimate of drug-likeness (QED) is 0.584. The Morgan fingerprint density at radius 2 is 2.13 bits per heavy atom. The van der Waals surface area contributed by atoms with Crippen molar-refractivity contribution in [1.29, 1.82) is 0 Å². The largest absolute Gasteiger partial charge is 0.497 e. The van der Waals surface area contributed by atoms with Crippen molar-refractivity contribution >= 4 is 17.7 Å². The minimum Gasteiger partial charge on any atom is -0.497 e. The lowest BCUT2D eigenvalue weighted by Gasteiger charge is -2.08. The Kier molecular flexibility index (Phi) is 4.49. The average Bonchev–Trinajstić information content (AvgIpc) is 2.28. The number of thioether (sulfide) groups is 1. The van der Waals surface area contributed by atoms with Crippen LogP contribution in [0.1, 0.15) is 17.3 Å². The van der Waals surface area contributed by atoms with E-state index >= 15 is 0 Å². The molecule has 0 aliphatic heterocycles. The van der Waals surface area contributed by atoms with Crippen LogP contribution < -0.4 is 4.74 Å². The van der Waals surface area contributed by atoms with Crippen LogP contribution in [0.2, 0.25) is 0 Å². The van der Waals surface area contributed by atoms with E-state index in [1.807, 2.05) is 13.0 Å². The van der Waals surface area contributed by atoms with Gasteiger partial charge in [0.2, 0.25) is 0 Å². The first-order valence-corrected chi connectivity index (χ1v) is 5.60. The molecule has 0 bridgehead atoms. The molecule has 0 radical (unpaired) electrons. The lowest BCUT2D eigenvalue weighted by atomic mass is 10.2. The smallest absolute Gasteiger partial charge is 0.338 e. The van der Waals surface area contributed by atoms with E-state index in [4.69, 9.17) is 9.47 Å². The van der Waals surface area contributed by atoms with E-state index in [1.165, 1.54) is 7.11 Å². The van der Waals surface area contributed by atoms with Crippen LogP contribution in [0.15, 0.2) is 23.1 Å². The van der Waals surface area contributed by atoms with Gasteiger partial charge in [-0.3, -0.25) is 0 Å². The summed E-state index contributed by atoms with van der Waals surface area (Å²) < 4.78 is 9.81. The van der Waals surface area contributed by atoms with Gasteiger partial charge in [0.15, 0.2) is 0 Å². The number of benzene rings is 1. The maximum Gasteiger partial charge on any atom is 0.338 e. The van der Waals surface area contributed by atoms with Crippen molar-refractivity contribution < 1.29 is 14.3 Å². The highest BCUT2D eigenvalue weighted by Gasteiger charge is 2.12. The minimum absolute atomic E-state index is 0.311. The SMILES string of the molecule is CCSc1cc(OC)ccc1C(=O)OC. The first-order chi connectivity index (χ1) is 7.22. The second-order valence-corrected chi connectivity index (χ2v) is 4.09. The van der Waals surface area contributed by atoms with Crippen molar-refractivity contribution in [2.45, 2.75) is 11.8 Å². The molecule has 0 aromatic heterocycles. The van der Waals surface area contributed by atoms with Gasteiger partial charge in [0.25, 0.3) is 0 Å². The maximum atomic E-state index is 11.4. The van der Waals surface area contributed by atoms with Crippen LogP contribution in [0.4, 0.5) is 0 Å². The summed E-state index contributed by atoms with van der Waals surface area (Å²) in [4.78, 5) is 12.3. The first kappa shape index (κ1) is 11.9. The van der Waals surface area contributed by atoms with E-state index in [9.17, 15) is 4.79 Å². The lowest BCUT2D eigenvalue weighted by Crippen LogP contribution is -2.03. The van der Waals surface area contributed by atoms with Crippen molar-refractivity contribution in [1.82, 2.24) is 0 Å². The molecule has 0 atom stereocenters. The Morgan fingerprint density at radius 3 is 2.67 bits per heavy atom. The van der Waals surface area contributed by atoms with E-state index < -0.39 is 0 Å². The standard InChI is InChI=1S/C11H14O3S/c1-4-15-10-7-8(13-2)5-6-9(10)11(12)14-3/h5-7H,4H2,1-3H3. The molecule has 0 amide bonds. The van der Waals surface area contributed by atoms with E-state index in [0.29, 0.717) is 5.56 Å². The molecule has 0 fully saturated rings. The van der Waals surface area contributed by atoms with Gasteiger partial charge in [-0.1, -0.05) is 6.92 Å². The van der Waals surface area contributed by atoms with E-state index in [0.717, 1.165) is 16.4 Å². The number of rotatable bonds is 4. The molecule has 0 spiro atoms. The predicted molar refractivity (Wildman–Crippen MR) is 60.7 cm³/mol. The number of hydrogen-bond acceptors (Lipinski definition) is 4. The van der Waals surface area contributed by atoms with Gasteiger partial charge in [-0.2, -0.15) is 0 Å². The topological polar surface area (TPSA) is 35.5 Å². The number of carbonyl (C=O) groups is 1. The summed E-state index contributed by atoms with van der Waals surface area (Å²) in [5.41, 5.74) is 0.588. The fourth-order valence-corrected chi connectivity index (χ4v) is 2.00. The molecule has 15 heavy (non-hydrogen) atoms. The molecule has 1 aromatic rings. The summed E-state index contributed by atoms with van der Waals surface area (Å²) in [5, 5.41) is 0.